The van der Waals surface area contributed by atoms with Crippen LogP contribution in [0.3, 0.4) is 0 Å². The minimum absolute atomic E-state index is 0.152. The molecule has 2 aromatic carbocycles. The number of hydrogen-bond donors (Lipinski definition) is 2. The minimum atomic E-state index is -0.250. The van der Waals surface area contributed by atoms with Gasteiger partial charge in [0, 0.05) is 30.2 Å². The number of ether oxygens (including phenoxy) is 1. The lowest BCUT2D eigenvalue weighted by molar-refractivity contribution is -0.116. The Labute approximate surface area is 194 Å². The predicted octanol–water partition coefficient (Wildman–Crippen LogP) is 4.77. The molecule has 6 heteroatoms. The van der Waals surface area contributed by atoms with Crippen LogP contribution < -0.4 is 10.1 Å². The number of amides is 1. The molecular formula is C27H32FN3O2. The average Bonchev–Trinajstić information content (AvgIpc) is 3.44. The standard InChI is InChI=1S/C27H32FN3O2/c1-19-5-11-24(28)27-26(19)23(20(2)30-27)13-14-29-25(32)12-8-21-6-9-22(10-7-21)33-18-17-31-15-3-4-16-31/h5-12,30H,3-4,13-18H2,1-2H3,(H,29,32). The molecule has 0 atom stereocenters. The van der Waals surface area contributed by atoms with Crippen LogP contribution in [0.2, 0.25) is 0 Å². The van der Waals surface area contributed by atoms with Gasteiger partial charge in [0.2, 0.25) is 5.91 Å². The quantitative estimate of drug-likeness (QED) is 0.463. The number of likely N-dealkylation sites (tertiary alicyclic amines) is 1. The Morgan fingerprint density at radius 3 is 2.67 bits per heavy atom. The van der Waals surface area contributed by atoms with Gasteiger partial charge in [0.1, 0.15) is 18.2 Å². The van der Waals surface area contributed by atoms with E-state index in [0.29, 0.717) is 25.1 Å². The van der Waals surface area contributed by atoms with Crippen LogP contribution in [-0.2, 0) is 11.2 Å². The lowest BCUT2D eigenvalue weighted by Gasteiger charge is -2.14. The SMILES string of the molecule is Cc1[nH]c2c(F)ccc(C)c2c1CCNC(=O)C=Cc1ccc(OCCN2CCCC2)cc1. The number of carbonyl (C=O) groups excluding carboxylic acids is 1. The van der Waals surface area contributed by atoms with Gasteiger partial charge < -0.3 is 15.0 Å². The van der Waals surface area contributed by atoms with Crippen molar-refractivity contribution in [2.45, 2.75) is 33.1 Å². The molecule has 0 saturated carbocycles. The van der Waals surface area contributed by atoms with Gasteiger partial charge in [0.15, 0.2) is 0 Å². The summed E-state index contributed by atoms with van der Waals surface area (Å²) < 4.78 is 19.9. The molecule has 1 aliphatic heterocycles. The van der Waals surface area contributed by atoms with Gasteiger partial charge in [0.25, 0.3) is 0 Å². The summed E-state index contributed by atoms with van der Waals surface area (Å²) in [7, 11) is 0. The van der Waals surface area contributed by atoms with E-state index < -0.39 is 0 Å². The molecule has 1 fully saturated rings. The van der Waals surface area contributed by atoms with E-state index in [0.717, 1.165) is 40.1 Å². The van der Waals surface area contributed by atoms with Gasteiger partial charge in [-0.15, -0.1) is 0 Å². The van der Waals surface area contributed by atoms with Gasteiger partial charge in [-0.3, -0.25) is 9.69 Å². The first-order valence-corrected chi connectivity index (χ1v) is 11.7. The van der Waals surface area contributed by atoms with Crippen LogP contribution in [0.25, 0.3) is 17.0 Å². The number of aromatic nitrogens is 1. The largest absolute Gasteiger partial charge is 0.492 e. The normalized spacial score (nSPS) is 14.4. The molecule has 2 heterocycles. The van der Waals surface area contributed by atoms with Crippen molar-refractivity contribution in [3.63, 3.8) is 0 Å². The first-order chi connectivity index (χ1) is 16.0. The van der Waals surface area contributed by atoms with Crippen molar-refractivity contribution in [3.8, 4) is 5.75 Å². The van der Waals surface area contributed by atoms with Crippen molar-refractivity contribution >= 4 is 22.9 Å². The molecule has 0 radical (unpaired) electrons. The molecule has 174 valence electrons. The Bertz CT molecular complexity index is 1130. The van der Waals surface area contributed by atoms with E-state index in [-0.39, 0.29) is 11.7 Å². The van der Waals surface area contributed by atoms with E-state index >= 15 is 0 Å². The zero-order valence-corrected chi connectivity index (χ0v) is 19.4. The van der Waals surface area contributed by atoms with E-state index in [9.17, 15) is 9.18 Å². The molecule has 0 aliphatic carbocycles. The maximum atomic E-state index is 14.1. The highest BCUT2D eigenvalue weighted by molar-refractivity contribution is 5.92. The number of halogens is 1. The van der Waals surface area contributed by atoms with E-state index in [2.05, 4.69) is 15.2 Å². The van der Waals surface area contributed by atoms with Crippen molar-refractivity contribution in [1.82, 2.24) is 15.2 Å². The van der Waals surface area contributed by atoms with E-state index in [1.807, 2.05) is 38.1 Å². The summed E-state index contributed by atoms with van der Waals surface area (Å²) in [4.78, 5) is 17.8. The van der Waals surface area contributed by atoms with Gasteiger partial charge in [-0.25, -0.2) is 4.39 Å². The summed E-state index contributed by atoms with van der Waals surface area (Å²) in [6.07, 6.45) is 6.54. The van der Waals surface area contributed by atoms with Crippen LogP contribution in [0.1, 0.15) is 35.2 Å². The van der Waals surface area contributed by atoms with Crippen molar-refractivity contribution in [3.05, 3.63) is 70.7 Å². The number of aryl methyl sites for hydroxylation is 2. The number of H-pyrrole nitrogens is 1. The monoisotopic (exact) mass is 449 g/mol. The number of rotatable bonds is 9. The van der Waals surface area contributed by atoms with Crippen molar-refractivity contribution in [2.75, 3.05) is 32.8 Å². The number of nitrogens with zero attached hydrogens (tertiary/aromatic N) is 1. The lowest BCUT2D eigenvalue weighted by atomic mass is 10.0. The fourth-order valence-electron chi connectivity index (χ4n) is 4.47. The van der Waals surface area contributed by atoms with Crippen LogP contribution in [0.4, 0.5) is 4.39 Å². The van der Waals surface area contributed by atoms with Crippen LogP contribution in [0, 0.1) is 19.7 Å². The molecule has 0 unspecified atom stereocenters. The number of nitrogens with one attached hydrogen (secondary N) is 2. The van der Waals surface area contributed by atoms with Crippen LogP contribution >= 0.6 is 0 Å². The van der Waals surface area contributed by atoms with Gasteiger partial charge in [-0.1, -0.05) is 18.2 Å². The van der Waals surface area contributed by atoms with Crippen LogP contribution in [0.5, 0.6) is 5.75 Å². The predicted molar refractivity (Wildman–Crippen MR) is 131 cm³/mol. The van der Waals surface area contributed by atoms with Crippen molar-refractivity contribution < 1.29 is 13.9 Å². The number of aromatic amines is 1. The Kier molecular flexibility index (Phi) is 7.45. The molecule has 1 amide bonds. The minimum Gasteiger partial charge on any atom is -0.492 e. The highest BCUT2D eigenvalue weighted by atomic mass is 19.1. The zero-order valence-electron chi connectivity index (χ0n) is 19.4. The van der Waals surface area contributed by atoms with Crippen LogP contribution in [0.15, 0.2) is 42.5 Å². The number of benzene rings is 2. The number of hydrogen-bond acceptors (Lipinski definition) is 3. The summed E-state index contributed by atoms with van der Waals surface area (Å²) in [5, 5.41) is 3.84. The van der Waals surface area contributed by atoms with Crippen molar-refractivity contribution in [1.29, 1.82) is 0 Å². The van der Waals surface area contributed by atoms with E-state index in [4.69, 9.17) is 4.74 Å². The van der Waals surface area contributed by atoms with Gasteiger partial charge in [-0.2, -0.15) is 0 Å². The Morgan fingerprint density at radius 2 is 1.91 bits per heavy atom. The molecule has 3 aromatic rings. The van der Waals surface area contributed by atoms with E-state index in [1.165, 1.54) is 38.1 Å². The van der Waals surface area contributed by atoms with Crippen molar-refractivity contribution in [2.24, 2.45) is 0 Å². The highest BCUT2D eigenvalue weighted by Crippen LogP contribution is 2.27. The number of carbonyl (C=O) groups is 1. The molecule has 1 saturated heterocycles. The van der Waals surface area contributed by atoms with Gasteiger partial charge >= 0.3 is 0 Å². The number of fused-ring (bicyclic) bond motifs is 1. The molecule has 4 rings (SSSR count). The fourth-order valence-corrected chi connectivity index (χ4v) is 4.47. The third-order valence-corrected chi connectivity index (χ3v) is 6.29. The average molecular weight is 450 g/mol. The summed E-state index contributed by atoms with van der Waals surface area (Å²) >= 11 is 0. The first-order valence-electron chi connectivity index (χ1n) is 11.7. The molecule has 1 aliphatic rings. The zero-order chi connectivity index (χ0) is 23.2. The summed E-state index contributed by atoms with van der Waals surface area (Å²) in [5.41, 5.74) is 4.49. The van der Waals surface area contributed by atoms with Crippen LogP contribution in [-0.4, -0.2) is 48.6 Å². The second-order valence-electron chi connectivity index (χ2n) is 8.68. The summed E-state index contributed by atoms with van der Waals surface area (Å²) in [5.74, 6) is 0.442. The first kappa shape index (κ1) is 23.1. The molecule has 2 N–H and O–H groups in total. The third-order valence-electron chi connectivity index (χ3n) is 6.29. The Balaban J connectivity index is 1.24. The summed E-state index contributed by atoms with van der Waals surface area (Å²) in [6.45, 7) is 8.41. The molecule has 0 spiro atoms. The molecule has 0 bridgehead atoms. The fraction of sp³-hybridized carbons (Fsp3) is 0.370. The smallest absolute Gasteiger partial charge is 0.244 e. The topological polar surface area (TPSA) is 57.4 Å². The molecular weight excluding hydrogens is 417 g/mol. The second kappa shape index (κ2) is 10.7. The molecule has 5 nitrogen and oxygen atoms in total. The maximum Gasteiger partial charge on any atom is 0.244 e. The van der Waals surface area contributed by atoms with E-state index in [1.54, 1.807) is 12.1 Å². The maximum absolute atomic E-state index is 14.1. The van der Waals surface area contributed by atoms with Gasteiger partial charge in [0.05, 0.1) is 5.52 Å². The second-order valence-corrected chi connectivity index (χ2v) is 8.68. The lowest BCUT2D eigenvalue weighted by Crippen LogP contribution is -2.25. The molecule has 33 heavy (non-hydrogen) atoms. The Hall–Kier alpha value is -3.12. The third kappa shape index (κ3) is 5.82. The highest BCUT2D eigenvalue weighted by Gasteiger charge is 2.14. The molecule has 1 aromatic heterocycles. The Morgan fingerprint density at radius 1 is 1.15 bits per heavy atom. The summed E-state index contributed by atoms with van der Waals surface area (Å²) in [6, 6.07) is 11.0. The van der Waals surface area contributed by atoms with Gasteiger partial charge in [-0.05, 0) is 87.2 Å².